The second-order valence-corrected chi connectivity index (χ2v) is 25.1. The molecular formula is C5H14P8S. The molecule has 14 heavy (non-hydrogen) atoms. The average molecular weight is 354 g/mol. The van der Waals surface area contributed by atoms with E-state index in [1.54, 1.807) is 29.7 Å². The predicted octanol–water partition coefficient (Wildman–Crippen LogP) is 8.50. The van der Waals surface area contributed by atoms with Crippen LogP contribution in [0.25, 0.3) is 0 Å². The fourth-order valence-corrected chi connectivity index (χ4v) is 30.4. The van der Waals surface area contributed by atoms with Crippen LogP contribution < -0.4 is 0 Å². The molecule has 0 fully saturated rings. The van der Waals surface area contributed by atoms with Crippen molar-refractivity contribution in [1.29, 1.82) is 0 Å². The molecule has 0 aliphatic heterocycles. The molecule has 0 spiro atoms. The van der Waals surface area contributed by atoms with Gasteiger partial charge in [-0.3, -0.25) is 0 Å². The molecule has 0 saturated heterocycles. The van der Waals surface area contributed by atoms with Gasteiger partial charge in [0.05, 0.1) is 0 Å². The van der Waals surface area contributed by atoms with Gasteiger partial charge in [0.2, 0.25) is 0 Å². The van der Waals surface area contributed by atoms with Crippen molar-refractivity contribution in [2.45, 2.75) is 19.8 Å². The summed E-state index contributed by atoms with van der Waals surface area (Å²) in [5.41, 5.74) is 0. The van der Waals surface area contributed by atoms with Crippen molar-refractivity contribution in [2.75, 3.05) is 12.0 Å². The SMILES string of the molecule is CCCCS(C)(#P)P=PP=PP=PP. The van der Waals surface area contributed by atoms with Crippen molar-refractivity contribution < 1.29 is 0 Å². The molecule has 0 aliphatic rings. The van der Waals surface area contributed by atoms with E-state index in [1.165, 1.54) is 33.7 Å². The van der Waals surface area contributed by atoms with E-state index in [4.69, 9.17) is 7.81 Å². The fourth-order valence-electron chi connectivity index (χ4n) is 0.612. The molecule has 2 unspecified atom stereocenters. The standard InChI is InChI=1S/C5H14P8S/c1-3-4-5-14(2,7)13-12-11-10-9-8-6/h3-6H2,1-2H3. The quantitative estimate of drug-likeness (QED) is 0.444. The van der Waals surface area contributed by atoms with Gasteiger partial charge in [-0.2, -0.15) is 0 Å². The van der Waals surface area contributed by atoms with Crippen LogP contribution in [0.1, 0.15) is 19.8 Å². The van der Waals surface area contributed by atoms with Crippen LogP contribution in [0.3, 0.4) is 0 Å². The van der Waals surface area contributed by atoms with E-state index in [0.717, 1.165) is 0 Å². The van der Waals surface area contributed by atoms with Crippen LogP contribution in [0.5, 0.6) is 0 Å². The normalized spacial score (nSPS) is 17.0. The van der Waals surface area contributed by atoms with Crippen LogP contribution >= 0.6 is 70.2 Å². The van der Waals surface area contributed by atoms with E-state index in [2.05, 4.69) is 22.1 Å². The van der Waals surface area contributed by atoms with E-state index < -0.39 is 8.62 Å². The van der Waals surface area contributed by atoms with Crippen molar-refractivity contribution in [1.82, 2.24) is 0 Å². The Labute approximate surface area is 102 Å². The molecular weight excluding hydrogens is 340 g/mol. The van der Waals surface area contributed by atoms with Gasteiger partial charge in [0.15, 0.2) is 0 Å². The van der Waals surface area contributed by atoms with Crippen molar-refractivity contribution in [2.24, 2.45) is 0 Å². The molecule has 0 aliphatic carbocycles. The molecule has 0 amide bonds. The van der Waals surface area contributed by atoms with Gasteiger partial charge in [-0.25, -0.2) is 0 Å². The van der Waals surface area contributed by atoms with E-state index in [9.17, 15) is 0 Å². The molecule has 80 valence electrons. The minimum absolute atomic E-state index is 0.599. The van der Waals surface area contributed by atoms with Crippen LogP contribution in [-0.4, -0.2) is 12.0 Å². The Bertz CT molecular complexity index is 320. The first-order chi connectivity index (χ1) is 6.62. The molecule has 0 heterocycles. The number of rotatable bonds is 4. The van der Waals surface area contributed by atoms with Gasteiger partial charge in [0, 0.05) is 0 Å². The third kappa shape index (κ3) is 11.5. The van der Waals surface area contributed by atoms with Gasteiger partial charge in [-0.1, -0.05) is 0 Å². The van der Waals surface area contributed by atoms with Crippen molar-refractivity contribution in [3.05, 3.63) is 0 Å². The summed E-state index contributed by atoms with van der Waals surface area (Å²) in [5.74, 6) is 1.33. The van der Waals surface area contributed by atoms with Gasteiger partial charge in [-0.05, 0) is 0 Å². The van der Waals surface area contributed by atoms with Crippen LogP contribution in [0.15, 0.2) is 0 Å². The van der Waals surface area contributed by atoms with Crippen LogP contribution in [0.2, 0.25) is 0 Å². The number of hydrogen-bond donors (Lipinski definition) is 0. The van der Waals surface area contributed by atoms with E-state index >= 15 is 0 Å². The molecule has 0 saturated carbocycles. The van der Waals surface area contributed by atoms with E-state index in [0.29, 0.717) is 0 Å². The molecule has 9 heteroatoms. The molecule has 0 N–H and O–H groups in total. The maximum atomic E-state index is 4.79. The van der Waals surface area contributed by atoms with Crippen LogP contribution in [-0.2, 0) is 0 Å². The first-order valence-corrected chi connectivity index (χ1v) is 18.4. The average Bonchev–Trinajstić information content (AvgIpc) is 2.15. The van der Waals surface area contributed by atoms with E-state index in [1.807, 2.05) is 0 Å². The second kappa shape index (κ2) is 11.1. The van der Waals surface area contributed by atoms with Gasteiger partial charge in [-0.15, -0.1) is 0 Å². The van der Waals surface area contributed by atoms with Gasteiger partial charge in [0.1, 0.15) is 0 Å². The first-order valence-electron chi connectivity index (χ1n) is 4.03. The summed E-state index contributed by atoms with van der Waals surface area (Å²) < 4.78 is 0. The summed E-state index contributed by atoms with van der Waals surface area (Å²) in [6.07, 6.45) is 4.99. The molecule has 0 nitrogen and oxygen atoms in total. The zero-order chi connectivity index (χ0) is 10.9. The summed E-state index contributed by atoms with van der Waals surface area (Å²) in [4.78, 5) is 0. The van der Waals surface area contributed by atoms with Crippen molar-refractivity contribution >= 4 is 70.2 Å². The summed E-state index contributed by atoms with van der Waals surface area (Å²) in [6.45, 7) is 2.26. The maximum absolute atomic E-state index is 4.79. The third-order valence-corrected chi connectivity index (χ3v) is 26.6. The first kappa shape index (κ1) is 17.0. The van der Waals surface area contributed by atoms with Crippen molar-refractivity contribution in [3.8, 4) is 0 Å². The number of hydrogen-bond acceptors (Lipinski definition) is 0. The third-order valence-electron chi connectivity index (χ3n) is 1.27. The Balaban J connectivity index is 4.03. The second-order valence-electron chi connectivity index (χ2n) is 2.61. The Morgan fingerprint density at radius 1 is 1.21 bits per heavy atom. The Morgan fingerprint density at radius 2 is 1.86 bits per heavy atom. The Hall–Kier alpha value is 3.01. The molecule has 0 aromatic heterocycles. The minimum atomic E-state index is -0.599. The van der Waals surface area contributed by atoms with Gasteiger partial charge < -0.3 is 0 Å². The summed E-state index contributed by atoms with van der Waals surface area (Å²) in [7, 11) is 16.1. The topological polar surface area (TPSA) is 0 Å². The molecule has 2 atom stereocenters. The van der Waals surface area contributed by atoms with Gasteiger partial charge in [0.25, 0.3) is 0 Å². The summed E-state index contributed by atoms with van der Waals surface area (Å²) in [5, 5.41) is 0. The Morgan fingerprint density at radius 3 is 2.43 bits per heavy atom. The molecule has 0 aromatic rings. The molecule has 0 radical (unpaired) electrons. The Kier molecular flexibility index (Phi) is 13.5. The van der Waals surface area contributed by atoms with Crippen molar-refractivity contribution in [3.63, 3.8) is 0 Å². The molecule has 0 bridgehead atoms. The fraction of sp³-hybridized carbons (Fsp3) is 1.00. The zero-order valence-electron chi connectivity index (χ0n) is 8.24. The zero-order valence-corrected chi connectivity index (χ0v) is 16.5. The van der Waals surface area contributed by atoms with Crippen LogP contribution in [0.4, 0.5) is 0 Å². The molecule has 0 rings (SSSR count). The predicted molar refractivity (Wildman–Crippen MR) is 91.4 cm³/mol. The summed E-state index contributed by atoms with van der Waals surface area (Å²) in [6, 6.07) is 0. The van der Waals surface area contributed by atoms with E-state index in [-0.39, 0.29) is 0 Å². The van der Waals surface area contributed by atoms with Gasteiger partial charge >= 0.3 is 102 Å². The van der Waals surface area contributed by atoms with Crippen LogP contribution in [0, 0.1) is 0 Å². The number of unbranched alkanes of at least 4 members (excludes halogenated alkanes) is 1. The monoisotopic (exact) mass is 354 g/mol. The molecule has 0 aromatic carbocycles. The summed E-state index contributed by atoms with van der Waals surface area (Å²) >= 11 is 0.